The number of carbonyl (C=O) groups is 3. The second kappa shape index (κ2) is 11.2. The lowest BCUT2D eigenvalue weighted by atomic mass is 9.58. The van der Waals surface area contributed by atoms with Gasteiger partial charge in [0.2, 0.25) is 0 Å². The van der Waals surface area contributed by atoms with E-state index in [2.05, 4.69) is 31.1 Å². The van der Waals surface area contributed by atoms with Crippen molar-refractivity contribution in [1.29, 1.82) is 0 Å². The first kappa shape index (κ1) is 27.3. The van der Waals surface area contributed by atoms with Crippen LogP contribution in [0.5, 0.6) is 0 Å². The molecule has 9 nitrogen and oxygen atoms in total. The van der Waals surface area contributed by atoms with Crippen LogP contribution < -0.4 is 0 Å². The van der Waals surface area contributed by atoms with Crippen molar-refractivity contribution in [2.24, 2.45) is 17.3 Å². The lowest BCUT2D eigenvalue weighted by Crippen LogP contribution is -2.54. The van der Waals surface area contributed by atoms with Crippen LogP contribution in [0.1, 0.15) is 20.3 Å². The molecule has 32 heavy (non-hydrogen) atoms. The van der Waals surface area contributed by atoms with Crippen LogP contribution in [0.15, 0.2) is 49.1 Å². The normalized spacial score (nSPS) is 28.1. The van der Waals surface area contributed by atoms with Gasteiger partial charge in [-0.3, -0.25) is 4.79 Å². The summed E-state index contributed by atoms with van der Waals surface area (Å²) >= 11 is 0. The van der Waals surface area contributed by atoms with Gasteiger partial charge in [0.05, 0.1) is 31.3 Å². The zero-order chi connectivity index (χ0) is 24.8. The predicted octanol–water partition coefficient (Wildman–Crippen LogP) is 0.845. The first-order valence-electron chi connectivity index (χ1n) is 9.93. The fraction of sp³-hybridized carbons (Fsp3) is 0.522. The van der Waals surface area contributed by atoms with Gasteiger partial charge in [-0.1, -0.05) is 32.7 Å². The predicted molar refractivity (Wildman–Crippen MR) is 115 cm³/mol. The number of rotatable bonds is 10. The van der Waals surface area contributed by atoms with Gasteiger partial charge in [0.15, 0.2) is 0 Å². The van der Waals surface area contributed by atoms with Crippen LogP contribution in [-0.2, 0) is 28.6 Å². The molecular weight excluding hydrogens is 420 g/mol. The maximum absolute atomic E-state index is 12.6. The van der Waals surface area contributed by atoms with E-state index >= 15 is 0 Å². The zero-order valence-electron chi connectivity index (χ0n) is 18.7. The number of methoxy groups -OCH3 is 1. The highest BCUT2D eigenvalue weighted by molar-refractivity contribution is 5.90. The maximum atomic E-state index is 12.6. The molecule has 0 bridgehead atoms. The van der Waals surface area contributed by atoms with E-state index in [1.807, 2.05) is 0 Å². The van der Waals surface area contributed by atoms with E-state index in [1.54, 1.807) is 13.0 Å². The molecule has 1 aliphatic carbocycles. The Balaban J connectivity index is 3.28. The molecular formula is C23H32O9. The molecule has 0 spiro atoms. The van der Waals surface area contributed by atoms with Crippen molar-refractivity contribution >= 4 is 17.9 Å². The summed E-state index contributed by atoms with van der Waals surface area (Å²) in [7, 11) is 1.15. The summed E-state index contributed by atoms with van der Waals surface area (Å²) in [5.74, 6) is -4.27. The van der Waals surface area contributed by atoms with Crippen LogP contribution in [0.4, 0.5) is 0 Å². The number of aliphatic hydroxyl groups is 3. The smallest absolute Gasteiger partial charge is 0.336 e. The van der Waals surface area contributed by atoms with Gasteiger partial charge in [-0.05, 0) is 17.4 Å². The van der Waals surface area contributed by atoms with E-state index in [0.29, 0.717) is 5.57 Å². The Labute approximate surface area is 187 Å². The van der Waals surface area contributed by atoms with Crippen LogP contribution in [0.2, 0.25) is 0 Å². The highest BCUT2D eigenvalue weighted by atomic mass is 16.6. The van der Waals surface area contributed by atoms with Crippen molar-refractivity contribution in [3.8, 4) is 0 Å². The van der Waals surface area contributed by atoms with E-state index in [1.165, 1.54) is 0 Å². The third kappa shape index (κ3) is 5.93. The molecule has 0 amide bonds. The Hall–Kier alpha value is -2.75. The molecule has 3 N–H and O–H groups in total. The highest BCUT2D eigenvalue weighted by Gasteiger charge is 2.53. The van der Waals surface area contributed by atoms with E-state index in [-0.39, 0.29) is 17.6 Å². The molecule has 1 saturated carbocycles. The Bertz CT molecular complexity index is 799. The number of ether oxygens (including phenoxy) is 3. The largest absolute Gasteiger partial charge is 0.466 e. The van der Waals surface area contributed by atoms with Gasteiger partial charge in [-0.2, -0.15) is 0 Å². The van der Waals surface area contributed by atoms with Crippen molar-refractivity contribution < 1.29 is 43.9 Å². The van der Waals surface area contributed by atoms with Crippen LogP contribution >= 0.6 is 0 Å². The molecule has 0 heterocycles. The third-order valence-corrected chi connectivity index (χ3v) is 5.79. The monoisotopic (exact) mass is 452 g/mol. The third-order valence-electron chi connectivity index (χ3n) is 5.79. The average Bonchev–Trinajstić information content (AvgIpc) is 2.75. The number of esters is 3. The first-order chi connectivity index (χ1) is 14.8. The molecule has 9 heteroatoms. The second-order valence-corrected chi connectivity index (χ2v) is 8.03. The summed E-state index contributed by atoms with van der Waals surface area (Å²) in [4.78, 5) is 35.8. The van der Waals surface area contributed by atoms with E-state index < -0.39 is 66.7 Å². The van der Waals surface area contributed by atoms with Crippen LogP contribution in [0.25, 0.3) is 0 Å². The Morgan fingerprint density at radius 1 is 1.22 bits per heavy atom. The van der Waals surface area contributed by atoms with Gasteiger partial charge in [0.25, 0.3) is 0 Å². The van der Waals surface area contributed by atoms with Crippen molar-refractivity contribution in [2.45, 2.75) is 38.6 Å². The quantitative estimate of drug-likeness (QED) is 0.190. The fourth-order valence-electron chi connectivity index (χ4n) is 3.98. The molecule has 1 fully saturated rings. The van der Waals surface area contributed by atoms with E-state index in [4.69, 9.17) is 9.47 Å². The zero-order valence-corrected chi connectivity index (χ0v) is 18.7. The lowest BCUT2D eigenvalue weighted by Gasteiger charge is -2.50. The molecule has 6 atom stereocenters. The number of aliphatic hydroxyl groups excluding tert-OH is 3. The second-order valence-electron chi connectivity index (χ2n) is 8.03. The Kier molecular flexibility index (Phi) is 9.56. The summed E-state index contributed by atoms with van der Waals surface area (Å²) in [6.07, 6.45) is -2.25. The van der Waals surface area contributed by atoms with Crippen LogP contribution in [0, 0.1) is 17.3 Å². The molecule has 0 saturated heterocycles. The molecule has 1 rings (SSSR count). The molecule has 0 radical (unpaired) electrons. The first-order valence-corrected chi connectivity index (χ1v) is 9.93. The number of carbonyl (C=O) groups excluding carboxylic acids is 3. The average molecular weight is 453 g/mol. The topological polar surface area (TPSA) is 140 Å². The van der Waals surface area contributed by atoms with E-state index in [9.17, 15) is 29.7 Å². The lowest BCUT2D eigenvalue weighted by molar-refractivity contribution is -0.163. The summed E-state index contributed by atoms with van der Waals surface area (Å²) in [5.41, 5.74) is -1.06. The molecule has 1 aliphatic rings. The summed E-state index contributed by atoms with van der Waals surface area (Å²) in [6.45, 7) is 16.8. The van der Waals surface area contributed by atoms with Gasteiger partial charge in [-0.25, -0.2) is 9.59 Å². The molecule has 0 aliphatic heterocycles. The highest BCUT2D eigenvalue weighted by Crippen LogP contribution is 2.50. The van der Waals surface area contributed by atoms with Gasteiger partial charge in [-0.15, -0.1) is 6.58 Å². The molecule has 0 aromatic carbocycles. The van der Waals surface area contributed by atoms with Gasteiger partial charge in [0, 0.05) is 18.4 Å². The molecule has 0 unspecified atom stereocenters. The summed E-state index contributed by atoms with van der Waals surface area (Å²) in [6, 6.07) is 0. The Morgan fingerprint density at radius 2 is 1.81 bits per heavy atom. The summed E-state index contributed by atoms with van der Waals surface area (Å²) in [5, 5.41) is 30.8. The molecule has 178 valence electrons. The number of allylic oxidation sites excluding steroid dienone is 1. The fourth-order valence-corrected chi connectivity index (χ4v) is 3.98. The summed E-state index contributed by atoms with van der Waals surface area (Å²) < 4.78 is 14.9. The van der Waals surface area contributed by atoms with Crippen molar-refractivity contribution in [1.82, 2.24) is 0 Å². The van der Waals surface area contributed by atoms with E-state index in [0.717, 1.165) is 14.0 Å². The number of hydrogen-bond donors (Lipinski definition) is 3. The van der Waals surface area contributed by atoms with Crippen molar-refractivity contribution in [3.05, 3.63) is 49.1 Å². The standard InChI is InChI=1S/C23H32O9/c1-8-23(6)9-17(32-22(29)13(3)16(26)11-31-15(5)25)18(14(4)21(28)30-7)20(27)19(23)12(2)10-24/h8,16-20,24,26-27H,1-4,9-11H2,5-7H3/t16-,17-,18+,19+,20+,23+/m0/s1. The van der Waals surface area contributed by atoms with Crippen molar-refractivity contribution in [2.75, 3.05) is 20.3 Å². The van der Waals surface area contributed by atoms with Crippen LogP contribution in [0.3, 0.4) is 0 Å². The SMILES string of the molecule is C=C[C@]1(C)C[C@H](OC(=O)C(=C)[C@@H](O)COC(C)=O)[C@@H](C(=C)C(=O)OC)[C@@H](O)[C@H]1C(=C)CO. The van der Waals surface area contributed by atoms with Gasteiger partial charge in [0.1, 0.15) is 18.8 Å². The molecule has 0 aromatic heterocycles. The van der Waals surface area contributed by atoms with Gasteiger partial charge < -0.3 is 29.5 Å². The minimum atomic E-state index is -1.50. The minimum absolute atomic E-state index is 0.0942. The minimum Gasteiger partial charge on any atom is -0.466 e. The van der Waals surface area contributed by atoms with Crippen molar-refractivity contribution in [3.63, 3.8) is 0 Å². The Morgan fingerprint density at radius 3 is 2.28 bits per heavy atom. The van der Waals surface area contributed by atoms with Crippen LogP contribution in [-0.4, -0.2) is 71.9 Å². The molecule has 0 aromatic rings. The number of hydrogen-bond acceptors (Lipinski definition) is 9. The van der Waals surface area contributed by atoms with Gasteiger partial charge >= 0.3 is 17.9 Å². The maximum Gasteiger partial charge on any atom is 0.336 e.